The van der Waals surface area contributed by atoms with Crippen LogP contribution in [0.2, 0.25) is 0 Å². The highest BCUT2D eigenvalue weighted by Crippen LogP contribution is 2.28. The van der Waals surface area contributed by atoms with Gasteiger partial charge in [0.15, 0.2) is 0 Å². The lowest BCUT2D eigenvalue weighted by Gasteiger charge is -2.25. The lowest BCUT2D eigenvalue weighted by atomic mass is 9.96. The Labute approximate surface area is 126 Å². The van der Waals surface area contributed by atoms with Crippen LogP contribution in [0.1, 0.15) is 36.0 Å². The molecule has 0 aromatic carbocycles. The third-order valence-electron chi connectivity index (χ3n) is 4.21. The number of aliphatic carboxylic acids is 1. The molecule has 2 aliphatic rings. The van der Waals surface area contributed by atoms with E-state index >= 15 is 0 Å². The first-order valence-corrected chi connectivity index (χ1v) is 7.32. The Morgan fingerprint density at radius 1 is 1.45 bits per heavy atom. The molecule has 0 spiro atoms. The van der Waals surface area contributed by atoms with Gasteiger partial charge < -0.3 is 14.7 Å². The monoisotopic (exact) mass is 308 g/mol. The molecule has 22 heavy (non-hydrogen) atoms. The third kappa shape index (κ3) is 2.75. The van der Waals surface area contributed by atoms with Gasteiger partial charge in [-0.3, -0.25) is 4.79 Å². The summed E-state index contributed by atoms with van der Waals surface area (Å²) < 4.78 is 19.7. The Morgan fingerprint density at radius 3 is 2.82 bits per heavy atom. The van der Waals surface area contributed by atoms with Gasteiger partial charge in [0, 0.05) is 30.8 Å². The average molecular weight is 308 g/mol. The number of pyridine rings is 1. The fourth-order valence-corrected chi connectivity index (χ4v) is 2.57. The number of halogens is 1. The number of alkyl halides is 1. The predicted octanol–water partition coefficient (Wildman–Crippen LogP) is 1.65. The summed E-state index contributed by atoms with van der Waals surface area (Å²) >= 11 is 0. The van der Waals surface area contributed by atoms with Gasteiger partial charge in [0.25, 0.3) is 5.91 Å². The molecular formula is C15H17FN2O4. The molecule has 118 valence electrons. The molecule has 7 heteroatoms. The number of carboxylic acids is 1. The highest BCUT2D eigenvalue weighted by molar-refractivity contribution is 5.95. The van der Waals surface area contributed by atoms with Crippen LogP contribution in [0, 0.1) is 0 Å². The standard InChI is InChI=1S/C15H17FN2O4/c16-15(14(20)21)5-7-18(9-15)13(19)10-4-6-17-12(8-10)22-11-2-1-3-11/h4,6,8,11H,1-3,5,7,9H2,(H,20,21). The van der Waals surface area contributed by atoms with E-state index in [0.29, 0.717) is 11.4 Å². The number of amides is 1. The van der Waals surface area contributed by atoms with Gasteiger partial charge in [-0.1, -0.05) is 0 Å². The molecule has 1 aliphatic heterocycles. The molecule has 1 N–H and O–H groups in total. The number of hydrogen-bond donors (Lipinski definition) is 1. The van der Waals surface area contributed by atoms with E-state index in [4.69, 9.17) is 9.84 Å². The van der Waals surface area contributed by atoms with Crippen molar-refractivity contribution in [2.75, 3.05) is 13.1 Å². The third-order valence-corrected chi connectivity index (χ3v) is 4.21. The minimum atomic E-state index is -2.35. The van der Waals surface area contributed by atoms with Gasteiger partial charge in [0.1, 0.15) is 6.10 Å². The molecule has 2 heterocycles. The second-order valence-electron chi connectivity index (χ2n) is 5.80. The van der Waals surface area contributed by atoms with Gasteiger partial charge in [0.2, 0.25) is 11.5 Å². The molecular weight excluding hydrogens is 291 g/mol. The molecule has 0 radical (unpaired) electrons. The Morgan fingerprint density at radius 2 is 2.23 bits per heavy atom. The van der Waals surface area contributed by atoms with Crippen molar-refractivity contribution in [3.05, 3.63) is 23.9 Å². The number of nitrogens with zero attached hydrogens (tertiary/aromatic N) is 2. The summed E-state index contributed by atoms with van der Waals surface area (Å²) in [4.78, 5) is 28.5. The Bertz CT molecular complexity index is 605. The van der Waals surface area contributed by atoms with E-state index in [1.54, 1.807) is 0 Å². The van der Waals surface area contributed by atoms with Crippen molar-refractivity contribution in [1.82, 2.24) is 9.88 Å². The fourth-order valence-electron chi connectivity index (χ4n) is 2.57. The summed E-state index contributed by atoms with van der Waals surface area (Å²) in [5, 5.41) is 8.88. The van der Waals surface area contributed by atoms with E-state index in [2.05, 4.69) is 4.98 Å². The summed E-state index contributed by atoms with van der Waals surface area (Å²) in [6.07, 6.45) is 4.52. The van der Waals surface area contributed by atoms with Crippen LogP contribution in [0.5, 0.6) is 5.88 Å². The molecule has 0 bridgehead atoms. The number of ether oxygens (including phenoxy) is 1. The maximum absolute atomic E-state index is 14.0. The first kappa shape index (κ1) is 14.7. The molecule has 1 aliphatic carbocycles. The molecule has 6 nitrogen and oxygen atoms in total. The quantitative estimate of drug-likeness (QED) is 0.915. The number of aromatic nitrogens is 1. The summed E-state index contributed by atoms with van der Waals surface area (Å²) in [7, 11) is 0. The number of carbonyl (C=O) groups excluding carboxylic acids is 1. The van der Waals surface area contributed by atoms with Crippen LogP contribution >= 0.6 is 0 Å². The molecule has 1 aromatic heterocycles. The summed E-state index contributed by atoms with van der Waals surface area (Å²) in [5.41, 5.74) is -2.02. The number of hydrogen-bond acceptors (Lipinski definition) is 4. The van der Waals surface area contributed by atoms with E-state index in [9.17, 15) is 14.0 Å². The number of likely N-dealkylation sites (tertiary alicyclic amines) is 1. The van der Waals surface area contributed by atoms with Crippen LogP contribution in [0.25, 0.3) is 0 Å². The van der Waals surface area contributed by atoms with Crippen LogP contribution in [-0.2, 0) is 4.79 Å². The Balaban J connectivity index is 1.70. The van der Waals surface area contributed by atoms with Crippen LogP contribution in [0.3, 0.4) is 0 Å². The minimum absolute atomic E-state index is 0.0861. The zero-order chi connectivity index (χ0) is 15.7. The van der Waals surface area contributed by atoms with E-state index in [0.717, 1.165) is 19.3 Å². The minimum Gasteiger partial charge on any atom is -0.479 e. The molecule has 1 unspecified atom stereocenters. The normalized spacial score (nSPS) is 24.9. The smallest absolute Gasteiger partial charge is 0.343 e. The van der Waals surface area contributed by atoms with Gasteiger partial charge >= 0.3 is 5.97 Å². The molecule has 3 rings (SSSR count). The van der Waals surface area contributed by atoms with E-state index in [1.807, 2.05) is 0 Å². The van der Waals surface area contributed by atoms with Crippen molar-refractivity contribution in [3.8, 4) is 5.88 Å². The van der Waals surface area contributed by atoms with E-state index < -0.39 is 24.1 Å². The van der Waals surface area contributed by atoms with Crippen molar-refractivity contribution >= 4 is 11.9 Å². The number of rotatable bonds is 4. The molecule has 1 saturated heterocycles. The van der Waals surface area contributed by atoms with Crippen molar-refractivity contribution in [3.63, 3.8) is 0 Å². The zero-order valence-electron chi connectivity index (χ0n) is 12.0. The van der Waals surface area contributed by atoms with Crippen molar-refractivity contribution in [2.45, 2.75) is 37.5 Å². The van der Waals surface area contributed by atoms with Gasteiger partial charge in [-0.2, -0.15) is 0 Å². The van der Waals surface area contributed by atoms with Crippen molar-refractivity contribution in [2.24, 2.45) is 0 Å². The zero-order valence-corrected chi connectivity index (χ0v) is 12.0. The number of carbonyl (C=O) groups is 2. The summed E-state index contributed by atoms with van der Waals surface area (Å²) in [6.45, 7) is -0.342. The molecule has 2 fully saturated rings. The Hall–Kier alpha value is -2.18. The molecule has 1 atom stereocenters. The second kappa shape index (κ2) is 5.55. The highest BCUT2D eigenvalue weighted by atomic mass is 19.1. The average Bonchev–Trinajstić information content (AvgIpc) is 2.86. The fraction of sp³-hybridized carbons (Fsp3) is 0.533. The van der Waals surface area contributed by atoms with Crippen LogP contribution in [0.4, 0.5) is 4.39 Å². The Kier molecular flexibility index (Phi) is 3.72. The largest absolute Gasteiger partial charge is 0.479 e. The van der Waals surface area contributed by atoms with Crippen LogP contribution < -0.4 is 4.74 Å². The van der Waals surface area contributed by atoms with Crippen LogP contribution in [0.15, 0.2) is 18.3 Å². The number of carboxylic acid groups (broad SMARTS) is 1. The first-order valence-electron chi connectivity index (χ1n) is 7.32. The van der Waals surface area contributed by atoms with Crippen LogP contribution in [-0.4, -0.2) is 51.7 Å². The summed E-state index contributed by atoms with van der Waals surface area (Å²) in [5.74, 6) is -1.55. The van der Waals surface area contributed by atoms with Gasteiger partial charge in [-0.15, -0.1) is 0 Å². The maximum atomic E-state index is 14.0. The first-order chi connectivity index (χ1) is 10.5. The lowest BCUT2D eigenvalue weighted by Crippen LogP contribution is -2.38. The second-order valence-corrected chi connectivity index (χ2v) is 5.80. The topological polar surface area (TPSA) is 79.7 Å². The van der Waals surface area contributed by atoms with Gasteiger partial charge in [-0.25, -0.2) is 14.2 Å². The van der Waals surface area contributed by atoms with E-state index in [-0.39, 0.29) is 19.1 Å². The molecule has 1 aromatic rings. The van der Waals surface area contributed by atoms with Crippen molar-refractivity contribution in [1.29, 1.82) is 0 Å². The molecule has 1 saturated carbocycles. The summed E-state index contributed by atoms with van der Waals surface area (Å²) in [6, 6.07) is 3.05. The highest BCUT2D eigenvalue weighted by Gasteiger charge is 2.47. The van der Waals surface area contributed by atoms with Gasteiger partial charge in [-0.05, 0) is 25.3 Å². The predicted molar refractivity (Wildman–Crippen MR) is 74.5 cm³/mol. The maximum Gasteiger partial charge on any atom is 0.343 e. The molecule has 1 amide bonds. The lowest BCUT2D eigenvalue weighted by molar-refractivity contribution is -0.149. The van der Waals surface area contributed by atoms with Gasteiger partial charge in [0.05, 0.1) is 6.54 Å². The SMILES string of the molecule is O=C(c1ccnc(OC2CCC2)c1)N1CCC(F)(C(=O)O)C1. The van der Waals surface area contributed by atoms with E-state index in [1.165, 1.54) is 23.2 Å². The van der Waals surface area contributed by atoms with Crippen molar-refractivity contribution < 1.29 is 23.8 Å².